The number of hydrogen-bond acceptors (Lipinski definition) is 3. The second-order valence-electron chi connectivity index (χ2n) is 5.29. The Morgan fingerprint density at radius 1 is 1.23 bits per heavy atom. The zero-order chi connectivity index (χ0) is 16.3. The van der Waals surface area contributed by atoms with Crippen LogP contribution in [0.3, 0.4) is 0 Å². The number of carbonyl (C=O) groups is 1. The van der Waals surface area contributed by atoms with Gasteiger partial charge in [0.05, 0.1) is 0 Å². The Hall–Kier alpha value is -2.07. The summed E-state index contributed by atoms with van der Waals surface area (Å²) in [7, 11) is 0. The highest BCUT2D eigenvalue weighted by molar-refractivity contribution is 6.32. The largest absolute Gasteiger partial charge is 0.481 e. The van der Waals surface area contributed by atoms with Crippen molar-refractivity contribution >= 4 is 23.3 Å². The van der Waals surface area contributed by atoms with Crippen molar-refractivity contribution in [2.24, 2.45) is 0 Å². The van der Waals surface area contributed by atoms with Gasteiger partial charge in [-0.05, 0) is 62.6 Å². The van der Waals surface area contributed by atoms with E-state index in [1.807, 2.05) is 45.0 Å². The molecule has 0 saturated carbocycles. The third kappa shape index (κ3) is 3.77. The molecule has 0 saturated heterocycles. The highest BCUT2D eigenvalue weighted by Crippen LogP contribution is 2.26. The molecule has 0 radical (unpaired) electrons. The number of benzene rings is 1. The lowest BCUT2D eigenvalue weighted by atomic mass is 10.1. The molecule has 0 aliphatic carbocycles. The van der Waals surface area contributed by atoms with Crippen molar-refractivity contribution in [1.82, 2.24) is 4.98 Å². The summed E-state index contributed by atoms with van der Waals surface area (Å²) in [5.74, 6) is 0.929. The Bertz CT molecular complexity index is 678. The molecular weight excluding hydrogens is 300 g/mol. The van der Waals surface area contributed by atoms with Crippen molar-refractivity contribution in [1.29, 1.82) is 0 Å². The normalized spacial score (nSPS) is 11.9. The molecule has 22 heavy (non-hydrogen) atoms. The molecule has 0 aliphatic heterocycles. The smallest absolute Gasteiger partial charge is 0.266 e. The average Bonchev–Trinajstić information content (AvgIpc) is 2.47. The van der Waals surface area contributed by atoms with E-state index in [9.17, 15) is 4.79 Å². The van der Waals surface area contributed by atoms with Crippen molar-refractivity contribution in [3.05, 3.63) is 52.2 Å². The van der Waals surface area contributed by atoms with E-state index in [0.717, 1.165) is 16.7 Å². The first-order chi connectivity index (χ1) is 10.4. The molecule has 1 N–H and O–H groups in total. The van der Waals surface area contributed by atoms with Gasteiger partial charge in [-0.2, -0.15) is 0 Å². The molecule has 4 nitrogen and oxygen atoms in total. The van der Waals surface area contributed by atoms with Gasteiger partial charge in [0.15, 0.2) is 6.10 Å². The number of anilines is 1. The topological polar surface area (TPSA) is 51.2 Å². The maximum absolute atomic E-state index is 12.2. The van der Waals surface area contributed by atoms with Gasteiger partial charge in [-0.25, -0.2) is 4.98 Å². The molecule has 1 heterocycles. The summed E-state index contributed by atoms with van der Waals surface area (Å²) >= 11 is 6.13. The van der Waals surface area contributed by atoms with E-state index in [1.54, 1.807) is 13.1 Å². The fourth-order valence-electron chi connectivity index (χ4n) is 2.07. The first-order valence-corrected chi connectivity index (χ1v) is 7.42. The van der Waals surface area contributed by atoms with E-state index in [0.29, 0.717) is 16.6 Å². The van der Waals surface area contributed by atoms with Gasteiger partial charge >= 0.3 is 0 Å². The number of amides is 1. The molecule has 5 heteroatoms. The van der Waals surface area contributed by atoms with Crippen LogP contribution in [0.1, 0.15) is 23.6 Å². The lowest BCUT2D eigenvalue weighted by molar-refractivity contribution is -0.122. The highest BCUT2D eigenvalue weighted by atomic mass is 35.5. The summed E-state index contributed by atoms with van der Waals surface area (Å²) in [6, 6.07) is 7.36. The van der Waals surface area contributed by atoms with Gasteiger partial charge in [-0.3, -0.25) is 4.79 Å². The molecule has 0 spiro atoms. The molecule has 1 aromatic carbocycles. The summed E-state index contributed by atoms with van der Waals surface area (Å²) in [5, 5.41) is 3.49. The number of rotatable bonds is 4. The first-order valence-electron chi connectivity index (χ1n) is 7.04. The van der Waals surface area contributed by atoms with E-state index in [-0.39, 0.29) is 5.91 Å². The number of aromatic nitrogens is 1. The monoisotopic (exact) mass is 318 g/mol. The third-order valence-electron chi connectivity index (χ3n) is 3.34. The number of halogens is 1. The number of pyridine rings is 1. The first kappa shape index (κ1) is 16.3. The van der Waals surface area contributed by atoms with Gasteiger partial charge in [0.1, 0.15) is 11.6 Å². The average molecular weight is 319 g/mol. The summed E-state index contributed by atoms with van der Waals surface area (Å²) in [5.41, 5.74) is 2.75. The molecule has 2 rings (SSSR count). The maximum atomic E-state index is 12.2. The Morgan fingerprint density at radius 2 is 1.86 bits per heavy atom. The van der Waals surface area contributed by atoms with Crippen LogP contribution in [0.15, 0.2) is 30.5 Å². The summed E-state index contributed by atoms with van der Waals surface area (Å²) in [6.45, 7) is 7.40. The van der Waals surface area contributed by atoms with E-state index >= 15 is 0 Å². The number of aryl methyl sites for hydroxylation is 3. The van der Waals surface area contributed by atoms with E-state index < -0.39 is 6.10 Å². The van der Waals surface area contributed by atoms with Crippen LogP contribution in [0.4, 0.5) is 5.82 Å². The third-order valence-corrected chi connectivity index (χ3v) is 3.94. The zero-order valence-corrected chi connectivity index (χ0v) is 13.9. The van der Waals surface area contributed by atoms with Crippen LogP contribution < -0.4 is 10.1 Å². The van der Waals surface area contributed by atoms with Crippen molar-refractivity contribution in [2.75, 3.05) is 5.32 Å². The number of carbonyl (C=O) groups excluding carboxylic acids is 1. The van der Waals surface area contributed by atoms with Crippen molar-refractivity contribution in [2.45, 2.75) is 33.8 Å². The number of hydrogen-bond donors (Lipinski definition) is 1. The molecule has 1 atom stereocenters. The Labute approximate surface area is 135 Å². The molecule has 116 valence electrons. The van der Waals surface area contributed by atoms with Gasteiger partial charge in [-0.15, -0.1) is 0 Å². The predicted octanol–water partition coefficient (Wildman–Crippen LogP) is 4.07. The minimum Gasteiger partial charge on any atom is -0.481 e. The Morgan fingerprint density at radius 3 is 2.45 bits per heavy atom. The fraction of sp³-hybridized carbons (Fsp3) is 0.294. The molecular formula is C17H19ClN2O2. The maximum Gasteiger partial charge on any atom is 0.266 e. The molecule has 1 aromatic heterocycles. The van der Waals surface area contributed by atoms with Gasteiger partial charge in [0, 0.05) is 11.2 Å². The van der Waals surface area contributed by atoms with Crippen molar-refractivity contribution in [3.63, 3.8) is 0 Å². The molecule has 0 unspecified atom stereocenters. The Kier molecular flexibility index (Phi) is 5.03. The van der Waals surface area contributed by atoms with Crippen LogP contribution in [0.2, 0.25) is 5.02 Å². The van der Waals surface area contributed by atoms with Crippen LogP contribution in [0, 0.1) is 20.8 Å². The lowest BCUT2D eigenvalue weighted by Crippen LogP contribution is -2.30. The number of nitrogens with zero attached hydrogens (tertiary/aromatic N) is 1. The molecule has 0 fully saturated rings. The van der Waals surface area contributed by atoms with Crippen LogP contribution >= 0.6 is 11.6 Å². The zero-order valence-electron chi connectivity index (χ0n) is 13.1. The van der Waals surface area contributed by atoms with Gasteiger partial charge < -0.3 is 10.1 Å². The minimum atomic E-state index is -0.638. The summed E-state index contributed by atoms with van der Waals surface area (Å²) in [6.07, 6.45) is 1.00. The summed E-state index contributed by atoms with van der Waals surface area (Å²) in [4.78, 5) is 16.3. The quantitative estimate of drug-likeness (QED) is 0.924. The number of ether oxygens (including phenoxy) is 1. The molecule has 0 bridgehead atoms. The fourth-order valence-corrected chi connectivity index (χ4v) is 2.18. The lowest BCUT2D eigenvalue weighted by Gasteiger charge is -2.16. The van der Waals surface area contributed by atoms with Gasteiger partial charge in [0.2, 0.25) is 0 Å². The van der Waals surface area contributed by atoms with E-state index in [2.05, 4.69) is 10.3 Å². The SMILES string of the molecule is Cc1cccnc1NC(=O)[C@@H](C)Oc1cc(C)c(Cl)c(C)c1. The second kappa shape index (κ2) is 6.79. The van der Waals surface area contributed by atoms with E-state index in [4.69, 9.17) is 16.3 Å². The van der Waals surface area contributed by atoms with E-state index in [1.165, 1.54) is 0 Å². The molecule has 2 aromatic rings. The molecule has 0 aliphatic rings. The van der Waals surface area contributed by atoms with Crippen LogP contribution in [0.5, 0.6) is 5.75 Å². The van der Waals surface area contributed by atoms with Crippen LogP contribution in [-0.4, -0.2) is 17.0 Å². The van der Waals surface area contributed by atoms with Gasteiger partial charge in [-0.1, -0.05) is 17.7 Å². The van der Waals surface area contributed by atoms with Crippen molar-refractivity contribution in [3.8, 4) is 5.75 Å². The number of nitrogens with one attached hydrogen (secondary N) is 1. The van der Waals surface area contributed by atoms with Crippen LogP contribution in [-0.2, 0) is 4.79 Å². The second-order valence-corrected chi connectivity index (χ2v) is 5.67. The minimum absolute atomic E-state index is 0.243. The Balaban J connectivity index is 2.07. The van der Waals surface area contributed by atoms with Crippen LogP contribution in [0.25, 0.3) is 0 Å². The predicted molar refractivity (Wildman–Crippen MR) is 88.6 cm³/mol. The molecule has 1 amide bonds. The summed E-state index contributed by atoms with van der Waals surface area (Å²) < 4.78 is 5.71. The van der Waals surface area contributed by atoms with Gasteiger partial charge in [0.25, 0.3) is 5.91 Å². The van der Waals surface area contributed by atoms with Crippen molar-refractivity contribution < 1.29 is 9.53 Å². The standard InChI is InChI=1S/C17H19ClN2O2/c1-10-6-5-7-19-16(10)20-17(21)13(4)22-14-8-11(2)15(18)12(3)9-14/h5-9,13H,1-4H3,(H,19,20,21)/t13-/m1/s1. The highest BCUT2D eigenvalue weighted by Gasteiger charge is 2.17.